The lowest BCUT2D eigenvalue weighted by Gasteiger charge is -2.31. The number of nitrogens with one attached hydrogen (secondary N) is 1. The van der Waals surface area contributed by atoms with Crippen LogP contribution in [0.15, 0.2) is 0 Å². The predicted molar refractivity (Wildman–Crippen MR) is 70.3 cm³/mol. The first-order valence-corrected chi connectivity index (χ1v) is 8.13. The largest absolute Gasteiger partial charge is 0.382 e. The number of piperidine rings is 1. The monoisotopic (exact) mass is 294 g/mol. The number of sulfonamides is 1. The summed E-state index contributed by atoms with van der Waals surface area (Å²) < 4.78 is 34.7. The van der Waals surface area contributed by atoms with Crippen molar-refractivity contribution >= 4 is 15.9 Å². The molecular formula is C11H22N2O5S. The zero-order chi connectivity index (χ0) is 14.3. The Morgan fingerprint density at radius 2 is 1.95 bits per heavy atom. The van der Waals surface area contributed by atoms with Crippen molar-refractivity contribution in [2.45, 2.75) is 18.9 Å². The molecule has 1 saturated heterocycles. The Morgan fingerprint density at radius 1 is 1.32 bits per heavy atom. The standard InChI is InChI=1S/C11H22N2O5S/c1-17-7-8-18-9-11(14)13-5-3-10(4-6-13)12-19(2,15)16/h10,12H,3-9H2,1-2H3. The molecule has 1 fully saturated rings. The molecule has 0 aliphatic carbocycles. The van der Waals surface area contributed by atoms with Crippen LogP contribution in [-0.2, 0) is 24.3 Å². The van der Waals surface area contributed by atoms with Crippen LogP contribution >= 0.6 is 0 Å². The van der Waals surface area contributed by atoms with Gasteiger partial charge in [0.2, 0.25) is 15.9 Å². The molecule has 0 aromatic heterocycles. The van der Waals surface area contributed by atoms with Gasteiger partial charge in [0.15, 0.2) is 0 Å². The second kappa shape index (κ2) is 7.78. The highest BCUT2D eigenvalue weighted by atomic mass is 32.2. The van der Waals surface area contributed by atoms with Gasteiger partial charge in [0.1, 0.15) is 6.61 Å². The molecule has 8 heteroatoms. The first-order valence-electron chi connectivity index (χ1n) is 6.24. The highest BCUT2D eigenvalue weighted by molar-refractivity contribution is 7.88. The predicted octanol–water partition coefficient (Wildman–Crippen LogP) is -0.810. The fourth-order valence-corrected chi connectivity index (χ4v) is 2.78. The van der Waals surface area contributed by atoms with E-state index in [4.69, 9.17) is 9.47 Å². The second-order valence-corrected chi connectivity index (χ2v) is 6.37. The number of carbonyl (C=O) groups excluding carboxylic acids is 1. The molecule has 19 heavy (non-hydrogen) atoms. The Bertz CT molecular complexity index is 377. The summed E-state index contributed by atoms with van der Waals surface area (Å²) >= 11 is 0. The summed E-state index contributed by atoms with van der Waals surface area (Å²) in [5.41, 5.74) is 0. The maximum atomic E-state index is 11.8. The first kappa shape index (κ1) is 16.4. The minimum absolute atomic E-state index is 0.0491. The molecular weight excluding hydrogens is 272 g/mol. The van der Waals surface area contributed by atoms with Crippen LogP contribution in [0.25, 0.3) is 0 Å². The van der Waals surface area contributed by atoms with E-state index >= 15 is 0 Å². The minimum atomic E-state index is -3.17. The Balaban J connectivity index is 2.23. The normalized spacial score (nSPS) is 17.7. The summed E-state index contributed by atoms with van der Waals surface area (Å²) in [6.07, 6.45) is 2.42. The quantitative estimate of drug-likeness (QED) is 0.621. The van der Waals surface area contributed by atoms with Crippen molar-refractivity contribution in [2.24, 2.45) is 0 Å². The van der Waals surface area contributed by atoms with Gasteiger partial charge in [-0.2, -0.15) is 0 Å². The Morgan fingerprint density at radius 3 is 2.47 bits per heavy atom. The number of ether oxygens (including phenoxy) is 2. The first-order chi connectivity index (χ1) is 8.92. The molecule has 0 atom stereocenters. The molecule has 1 N–H and O–H groups in total. The van der Waals surface area contributed by atoms with Gasteiger partial charge in [-0.15, -0.1) is 0 Å². The summed E-state index contributed by atoms with van der Waals surface area (Å²) in [4.78, 5) is 13.5. The molecule has 7 nitrogen and oxygen atoms in total. The summed E-state index contributed by atoms with van der Waals surface area (Å²) in [6, 6.07) is -0.0755. The van der Waals surface area contributed by atoms with Gasteiger partial charge in [0, 0.05) is 26.2 Å². The Kier molecular flexibility index (Phi) is 6.70. The number of hydrogen-bond donors (Lipinski definition) is 1. The molecule has 1 rings (SSSR count). The molecule has 0 aromatic rings. The number of carbonyl (C=O) groups is 1. The van der Waals surface area contributed by atoms with Gasteiger partial charge >= 0.3 is 0 Å². The lowest BCUT2D eigenvalue weighted by molar-refractivity contribution is -0.137. The van der Waals surface area contributed by atoms with Gasteiger partial charge in [-0.3, -0.25) is 4.79 Å². The summed E-state index contributed by atoms with van der Waals surface area (Å²) in [5.74, 6) is -0.0612. The van der Waals surface area contributed by atoms with Gasteiger partial charge in [0.05, 0.1) is 19.5 Å². The van der Waals surface area contributed by atoms with E-state index in [1.165, 1.54) is 0 Å². The number of likely N-dealkylation sites (tertiary alicyclic amines) is 1. The molecule has 0 bridgehead atoms. The number of nitrogens with zero attached hydrogens (tertiary/aromatic N) is 1. The van der Waals surface area contributed by atoms with Gasteiger partial charge in [0.25, 0.3) is 0 Å². The van der Waals surface area contributed by atoms with Gasteiger partial charge < -0.3 is 14.4 Å². The van der Waals surface area contributed by atoms with E-state index in [-0.39, 0.29) is 18.6 Å². The average Bonchev–Trinajstić information content (AvgIpc) is 2.33. The highest BCUT2D eigenvalue weighted by Crippen LogP contribution is 2.11. The fourth-order valence-electron chi connectivity index (χ4n) is 1.94. The SMILES string of the molecule is COCCOCC(=O)N1CCC(NS(C)(=O)=O)CC1. The molecule has 1 amide bonds. The fraction of sp³-hybridized carbons (Fsp3) is 0.909. The number of hydrogen-bond acceptors (Lipinski definition) is 5. The summed E-state index contributed by atoms with van der Waals surface area (Å²) in [7, 11) is -1.60. The van der Waals surface area contributed by atoms with Crippen LogP contribution in [0.3, 0.4) is 0 Å². The van der Waals surface area contributed by atoms with Crippen LogP contribution in [-0.4, -0.2) is 71.5 Å². The van der Waals surface area contributed by atoms with E-state index in [1.807, 2.05) is 0 Å². The zero-order valence-electron chi connectivity index (χ0n) is 11.4. The summed E-state index contributed by atoms with van der Waals surface area (Å²) in [6.45, 7) is 2.02. The average molecular weight is 294 g/mol. The van der Waals surface area contributed by atoms with Crippen molar-refractivity contribution < 1.29 is 22.7 Å². The molecule has 112 valence electrons. The molecule has 1 aliphatic rings. The summed E-state index contributed by atoms with van der Waals surface area (Å²) in [5, 5.41) is 0. The number of rotatable bonds is 7. The van der Waals surface area contributed by atoms with Gasteiger partial charge in [-0.05, 0) is 12.8 Å². The second-order valence-electron chi connectivity index (χ2n) is 4.59. The zero-order valence-corrected chi connectivity index (χ0v) is 12.2. The van der Waals surface area contributed by atoms with Crippen LogP contribution in [0.5, 0.6) is 0 Å². The van der Waals surface area contributed by atoms with Crippen LogP contribution in [0.1, 0.15) is 12.8 Å². The van der Waals surface area contributed by atoms with E-state index in [0.717, 1.165) is 6.26 Å². The topological polar surface area (TPSA) is 84.9 Å². The molecule has 0 unspecified atom stereocenters. The van der Waals surface area contributed by atoms with Crippen molar-refractivity contribution in [1.82, 2.24) is 9.62 Å². The third-order valence-corrected chi connectivity index (χ3v) is 3.65. The molecule has 0 saturated carbocycles. The van der Waals surface area contributed by atoms with Crippen molar-refractivity contribution in [3.8, 4) is 0 Å². The Labute approximate surface area is 114 Å². The lowest BCUT2D eigenvalue weighted by Crippen LogP contribution is -2.47. The van der Waals surface area contributed by atoms with Crippen LogP contribution in [0.2, 0.25) is 0 Å². The number of methoxy groups -OCH3 is 1. The van der Waals surface area contributed by atoms with E-state index < -0.39 is 10.0 Å². The number of amides is 1. The van der Waals surface area contributed by atoms with Crippen molar-refractivity contribution in [2.75, 3.05) is 46.3 Å². The molecule has 0 aromatic carbocycles. The lowest BCUT2D eigenvalue weighted by atomic mass is 10.1. The maximum absolute atomic E-state index is 11.8. The van der Waals surface area contributed by atoms with E-state index in [1.54, 1.807) is 12.0 Å². The van der Waals surface area contributed by atoms with Crippen molar-refractivity contribution in [3.05, 3.63) is 0 Å². The van der Waals surface area contributed by atoms with Crippen molar-refractivity contribution in [3.63, 3.8) is 0 Å². The molecule has 0 spiro atoms. The van der Waals surface area contributed by atoms with Crippen LogP contribution in [0.4, 0.5) is 0 Å². The molecule has 1 heterocycles. The van der Waals surface area contributed by atoms with Crippen molar-refractivity contribution in [1.29, 1.82) is 0 Å². The van der Waals surface area contributed by atoms with Gasteiger partial charge in [-0.25, -0.2) is 13.1 Å². The molecule has 0 radical (unpaired) electrons. The van der Waals surface area contributed by atoms with Gasteiger partial charge in [-0.1, -0.05) is 0 Å². The third-order valence-electron chi connectivity index (χ3n) is 2.89. The minimum Gasteiger partial charge on any atom is -0.382 e. The van der Waals surface area contributed by atoms with E-state index in [0.29, 0.717) is 39.1 Å². The smallest absolute Gasteiger partial charge is 0.248 e. The van der Waals surface area contributed by atoms with Crippen LogP contribution < -0.4 is 4.72 Å². The van der Waals surface area contributed by atoms with Crippen LogP contribution in [0, 0.1) is 0 Å². The molecule has 1 aliphatic heterocycles. The van der Waals surface area contributed by atoms with E-state index in [2.05, 4.69) is 4.72 Å². The maximum Gasteiger partial charge on any atom is 0.248 e. The highest BCUT2D eigenvalue weighted by Gasteiger charge is 2.24. The third kappa shape index (κ3) is 6.86. The Hall–Kier alpha value is -0.700. The van der Waals surface area contributed by atoms with E-state index in [9.17, 15) is 13.2 Å².